The summed E-state index contributed by atoms with van der Waals surface area (Å²) in [5.74, 6) is -0.211. The summed E-state index contributed by atoms with van der Waals surface area (Å²) in [4.78, 5) is 16.1. The van der Waals surface area contributed by atoms with Crippen molar-refractivity contribution in [1.82, 2.24) is 10.3 Å². The molecule has 0 aliphatic heterocycles. The maximum Gasteiger partial charge on any atom is 0.307 e. The van der Waals surface area contributed by atoms with Crippen LogP contribution in [0.2, 0.25) is 0 Å². The molecule has 0 bridgehead atoms. The quantitative estimate of drug-likeness (QED) is 0.837. The number of fused-ring (bicyclic) bond motifs is 1. The molecule has 19 heavy (non-hydrogen) atoms. The van der Waals surface area contributed by atoms with Gasteiger partial charge in [0.25, 0.3) is 0 Å². The first-order chi connectivity index (χ1) is 9.24. The molecule has 0 fully saturated rings. The van der Waals surface area contributed by atoms with Gasteiger partial charge in [0.15, 0.2) is 0 Å². The van der Waals surface area contributed by atoms with E-state index < -0.39 is 0 Å². The van der Waals surface area contributed by atoms with Gasteiger partial charge in [-0.05, 0) is 26.1 Å². The van der Waals surface area contributed by atoms with Crippen molar-refractivity contribution < 1.29 is 9.53 Å². The van der Waals surface area contributed by atoms with E-state index in [2.05, 4.69) is 10.3 Å². The Morgan fingerprint density at radius 1 is 1.32 bits per heavy atom. The number of carbonyl (C=O) groups is 1. The van der Waals surface area contributed by atoms with Crippen molar-refractivity contribution in [2.24, 2.45) is 0 Å². The molecule has 0 saturated heterocycles. The average Bonchev–Trinajstić information content (AvgIpc) is 2.44. The minimum absolute atomic E-state index is 0.122. The maximum absolute atomic E-state index is 11.6. The molecule has 4 nitrogen and oxygen atoms in total. The number of ether oxygens (including phenoxy) is 1. The molecule has 4 heteroatoms. The van der Waals surface area contributed by atoms with Crippen molar-refractivity contribution in [2.45, 2.75) is 19.4 Å². The number of esters is 1. The molecule has 1 aromatic carbocycles. The van der Waals surface area contributed by atoms with Crippen molar-refractivity contribution in [3.8, 4) is 0 Å². The Morgan fingerprint density at radius 3 is 2.84 bits per heavy atom. The Morgan fingerprint density at radius 2 is 2.11 bits per heavy atom. The molecule has 1 aromatic heterocycles. The number of para-hydroxylation sites is 1. The fourth-order valence-electron chi connectivity index (χ4n) is 2.02. The van der Waals surface area contributed by atoms with Crippen LogP contribution in [-0.2, 0) is 9.53 Å². The van der Waals surface area contributed by atoms with Gasteiger partial charge in [0.1, 0.15) is 0 Å². The van der Waals surface area contributed by atoms with Gasteiger partial charge >= 0.3 is 5.97 Å². The number of hydrogen-bond acceptors (Lipinski definition) is 4. The first-order valence-electron chi connectivity index (χ1n) is 6.43. The van der Waals surface area contributed by atoms with Gasteiger partial charge in [0.2, 0.25) is 0 Å². The highest BCUT2D eigenvalue weighted by molar-refractivity contribution is 5.78. The Bertz CT molecular complexity index is 569. The molecule has 1 heterocycles. The summed E-state index contributed by atoms with van der Waals surface area (Å²) >= 11 is 0. The highest BCUT2D eigenvalue weighted by Gasteiger charge is 2.16. The molecular formula is C15H18N2O2. The maximum atomic E-state index is 11.6. The van der Waals surface area contributed by atoms with Crippen LogP contribution in [0.1, 0.15) is 25.1 Å². The molecule has 0 aliphatic rings. The lowest BCUT2D eigenvalue weighted by Gasteiger charge is -2.15. The molecule has 2 aromatic rings. The fourth-order valence-corrected chi connectivity index (χ4v) is 2.02. The lowest BCUT2D eigenvalue weighted by molar-refractivity contribution is -0.143. The summed E-state index contributed by atoms with van der Waals surface area (Å²) in [5, 5.41) is 4.20. The number of benzene rings is 1. The van der Waals surface area contributed by atoms with Gasteiger partial charge in [-0.2, -0.15) is 0 Å². The second kappa shape index (κ2) is 6.29. The summed E-state index contributed by atoms with van der Waals surface area (Å²) in [5.41, 5.74) is 1.79. The number of rotatable bonds is 5. The highest BCUT2D eigenvalue weighted by Crippen LogP contribution is 2.19. The van der Waals surface area contributed by atoms with Gasteiger partial charge in [-0.1, -0.05) is 24.3 Å². The molecule has 1 N–H and O–H groups in total. The molecular weight excluding hydrogens is 240 g/mol. The van der Waals surface area contributed by atoms with Crippen LogP contribution in [0, 0.1) is 0 Å². The van der Waals surface area contributed by atoms with E-state index in [1.807, 2.05) is 43.4 Å². The number of hydrogen-bond donors (Lipinski definition) is 1. The Balaban J connectivity index is 2.22. The van der Waals surface area contributed by atoms with Crippen molar-refractivity contribution in [3.05, 3.63) is 42.1 Å². The van der Waals surface area contributed by atoms with Crippen LogP contribution in [0.25, 0.3) is 10.9 Å². The molecule has 1 atom stereocenters. The van der Waals surface area contributed by atoms with E-state index in [0.717, 1.165) is 16.6 Å². The third kappa shape index (κ3) is 3.29. The van der Waals surface area contributed by atoms with E-state index in [1.165, 1.54) is 0 Å². The Kier molecular flexibility index (Phi) is 4.47. The molecule has 100 valence electrons. The number of pyridine rings is 1. The van der Waals surface area contributed by atoms with Crippen LogP contribution in [0.4, 0.5) is 0 Å². The predicted octanol–water partition coefficient (Wildman–Crippen LogP) is 2.45. The minimum Gasteiger partial charge on any atom is -0.466 e. The molecule has 0 aliphatic carbocycles. The van der Waals surface area contributed by atoms with Gasteiger partial charge in [0, 0.05) is 5.39 Å². The van der Waals surface area contributed by atoms with E-state index in [4.69, 9.17) is 4.74 Å². The highest BCUT2D eigenvalue weighted by atomic mass is 16.5. The average molecular weight is 258 g/mol. The zero-order valence-corrected chi connectivity index (χ0v) is 11.2. The lowest BCUT2D eigenvalue weighted by atomic mass is 10.1. The van der Waals surface area contributed by atoms with Gasteiger partial charge in [-0.3, -0.25) is 9.78 Å². The molecule has 0 saturated carbocycles. The topological polar surface area (TPSA) is 51.2 Å². The zero-order valence-electron chi connectivity index (χ0n) is 11.2. The summed E-state index contributed by atoms with van der Waals surface area (Å²) in [7, 11) is 1.82. The number of nitrogens with zero attached hydrogens (tertiary/aromatic N) is 1. The van der Waals surface area contributed by atoms with E-state index in [1.54, 1.807) is 6.92 Å². The van der Waals surface area contributed by atoms with Crippen molar-refractivity contribution in [2.75, 3.05) is 13.7 Å². The minimum atomic E-state index is -0.211. The summed E-state index contributed by atoms with van der Waals surface area (Å²) < 4.78 is 4.98. The van der Waals surface area contributed by atoms with Gasteiger partial charge < -0.3 is 10.1 Å². The zero-order chi connectivity index (χ0) is 13.7. The van der Waals surface area contributed by atoms with Crippen LogP contribution in [-0.4, -0.2) is 24.6 Å². The normalized spacial score (nSPS) is 12.3. The Hall–Kier alpha value is -1.94. The summed E-state index contributed by atoms with van der Waals surface area (Å²) in [6, 6.07) is 11.8. The van der Waals surface area contributed by atoms with Crippen LogP contribution in [0.3, 0.4) is 0 Å². The second-order valence-electron chi connectivity index (χ2n) is 4.28. The summed E-state index contributed by atoms with van der Waals surface area (Å²) in [6.45, 7) is 2.21. The van der Waals surface area contributed by atoms with Crippen LogP contribution in [0.5, 0.6) is 0 Å². The smallest absolute Gasteiger partial charge is 0.307 e. The predicted molar refractivity (Wildman–Crippen MR) is 74.8 cm³/mol. The SMILES string of the molecule is CCOC(=O)CC(NC)c1ccc2ccccc2n1. The third-order valence-corrected chi connectivity index (χ3v) is 3.00. The molecule has 0 radical (unpaired) electrons. The monoisotopic (exact) mass is 258 g/mol. The third-order valence-electron chi connectivity index (χ3n) is 3.00. The molecule has 2 rings (SSSR count). The van der Waals surface area contributed by atoms with Crippen LogP contribution < -0.4 is 5.32 Å². The van der Waals surface area contributed by atoms with Crippen molar-refractivity contribution in [3.63, 3.8) is 0 Å². The van der Waals surface area contributed by atoms with Crippen molar-refractivity contribution in [1.29, 1.82) is 0 Å². The number of nitrogens with one attached hydrogen (secondary N) is 1. The van der Waals surface area contributed by atoms with Gasteiger partial charge in [-0.15, -0.1) is 0 Å². The first-order valence-corrected chi connectivity index (χ1v) is 6.43. The van der Waals surface area contributed by atoms with Gasteiger partial charge in [0.05, 0.1) is 30.3 Å². The van der Waals surface area contributed by atoms with E-state index >= 15 is 0 Å². The number of carbonyl (C=O) groups excluding carboxylic acids is 1. The van der Waals surface area contributed by atoms with Crippen LogP contribution in [0.15, 0.2) is 36.4 Å². The molecule has 1 unspecified atom stereocenters. The second-order valence-corrected chi connectivity index (χ2v) is 4.28. The fraction of sp³-hybridized carbons (Fsp3) is 0.333. The first kappa shape index (κ1) is 13.5. The lowest BCUT2D eigenvalue weighted by Crippen LogP contribution is -2.22. The molecule has 0 spiro atoms. The van der Waals surface area contributed by atoms with Crippen LogP contribution >= 0.6 is 0 Å². The largest absolute Gasteiger partial charge is 0.466 e. The Labute approximate surface area is 112 Å². The summed E-state index contributed by atoms with van der Waals surface area (Å²) in [6.07, 6.45) is 0.287. The van der Waals surface area contributed by atoms with E-state index in [9.17, 15) is 4.79 Å². The molecule has 0 amide bonds. The van der Waals surface area contributed by atoms with Gasteiger partial charge in [-0.25, -0.2) is 0 Å². The van der Waals surface area contributed by atoms with E-state index in [0.29, 0.717) is 6.61 Å². The standard InChI is InChI=1S/C15H18N2O2/c1-3-19-15(18)10-14(16-2)13-9-8-11-6-4-5-7-12(11)17-13/h4-9,14,16H,3,10H2,1-2H3. The number of aromatic nitrogens is 1. The van der Waals surface area contributed by atoms with E-state index in [-0.39, 0.29) is 18.4 Å². The van der Waals surface area contributed by atoms with Crippen molar-refractivity contribution >= 4 is 16.9 Å².